The lowest BCUT2D eigenvalue weighted by Crippen LogP contribution is -1.95. The molecule has 3 aromatic heterocycles. The van der Waals surface area contributed by atoms with Crippen LogP contribution in [0.25, 0.3) is 16.9 Å². The van der Waals surface area contributed by atoms with E-state index in [2.05, 4.69) is 15.3 Å². The zero-order valence-corrected chi connectivity index (χ0v) is 11.1. The maximum Gasteiger partial charge on any atom is 0.198 e. The first kappa shape index (κ1) is 11.7. The van der Waals surface area contributed by atoms with Gasteiger partial charge in [0.05, 0.1) is 12.5 Å². The SMILES string of the molecule is c1ccc(-c2nc3cnccn3c2Nc2ccco2)cc1. The van der Waals surface area contributed by atoms with Crippen LogP contribution in [0.3, 0.4) is 0 Å². The molecule has 5 nitrogen and oxygen atoms in total. The molecule has 0 bridgehead atoms. The van der Waals surface area contributed by atoms with Crippen molar-refractivity contribution in [3.63, 3.8) is 0 Å². The number of fused-ring (bicyclic) bond motifs is 1. The van der Waals surface area contributed by atoms with E-state index in [-0.39, 0.29) is 0 Å². The van der Waals surface area contributed by atoms with Gasteiger partial charge in [-0.15, -0.1) is 0 Å². The van der Waals surface area contributed by atoms with Crippen LogP contribution in [0.4, 0.5) is 11.7 Å². The number of rotatable bonds is 3. The van der Waals surface area contributed by atoms with Crippen LogP contribution in [0, 0.1) is 0 Å². The van der Waals surface area contributed by atoms with E-state index >= 15 is 0 Å². The van der Waals surface area contributed by atoms with Crippen LogP contribution in [0.15, 0.2) is 71.7 Å². The number of hydrogen-bond donors (Lipinski definition) is 1. The summed E-state index contributed by atoms with van der Waals surface area (Å²) < 4.78 is 7.33. The minimum absolute atomic E-state index is 0.672. The first-order valence-corrected chi connectivity index (χ1v) is 6.60. The van der Waals surface area contributed by atoms with Gasteiger partial charge in [-0.25, -0.2) is 4.98 Å². The second-order valence-corrected chi connectivity index (χ2v) is 4.58. The molecule has 1 aromatic carbocycles. The van der Waals surface area contributed by atoms with Crippen molar-refractivity contribution in [2.24, 2.45) is 0 Å². The normalized spacial score (nSPS) is 10.9. The van der Waals surface area contributed by atoms with Gasteiger partial charge in [0, 0.05) is 24.0 Å². The summed E-state index contributed by atoms with van der Waals surface area (Å²) in [4.78, 5) is 8.78. The van der Waals surface area contributed by atoms with Crippen molar-refractivity contribution in [3.05, 3.63) is 67.3 Å². The van der Waals surface area contributed by atoms with E-state index in [9.17, 15) is 0 Å². The number of benzene rings is 1. The molecule has 0 atom stereocenters. The first-order chi connectivity index (χ1) is 10.4. The Balaban J connectivity index is 1.93. The fourth-order valence-electron chi connectivity index (χ4n) is 2.29. The second kappa shape index (κ2) is 4.79. The van der Waals surface area contributed by atoms with Crippen LogP contribution in [0.2, 0.25) is 0 Å². The van der Waals surface area contributed by atoms with Crippen LogP contribution in [-0.2, 0) is 0 Å². The fourth-order valence-corrected chi connectivity index (χ4v) is 2.29. The van der Waals surface area contributed by atoms with E-state index in [1.807, 2.05) is 53.1 Å². The summed E-state index contributed by atoms with van der Waals surface area (Å²) in [5.41, 5.74) is 2.68. The fraction of sp³-hybridized carbons (Fsp3) is 0. The first-order valence-electron chi connectivity index (χ1n) is 6.60. The summed E-state index contributed by atoms with van der Waals surface area (Å²) >= 11 is 0. The van der Waals surface area contributed by atoms with E-state index in [1.165, 1.54) is 0 Å². The van der Waals surface area contributed by atoms with Gasteiger partial charge in [0.15, 0.2) is 11.5 Å². The Kier molecular flexibility index (Phi) is 2.67. The Morgan fingerprint density at radius 2 is 1.95 bits per heavy atom. The van der Waals surface area contributed by atoms with Crippen LogP contribution in [-0.4, -0.2) is 14.4 Å². The molecule has 0 radical (unpaired) electrons. The highest BCUT2D eigenvalue weighted by atomic mass is 16.3. The molecular weight excluding hydrogens is 264 g/mol. The molecule has 4 aromatic rings. The lowest BCUT2D eigenvalue weighted by atomic mass is 10.1. The molecule has 0 saturated carbocycles. The van der Waals surface area contributed by atoms with Crippen molar-refractivity contribution in [2.75, 3.05) is 5.32 Å². The number of hydrogen-bond acceptors (Lipinski definition) is 4. The maximum absolute atomic E-state index is 5.38. The largest absolute Gasteiger partial charge is 0.449 e. The minimum Gasteiger partial charge on any atom is -0.449 e. The van der Waals surface area contributed by atoms with Crippen molar-refractivity contribution in [3.8, 4) is 11.3 Å². The summed E-state index contributed by atoms with van der Waals surface area (Å²) in [6.45, 7) is 0. The molecule has 0 spiro atoms. The maximum atomic E-state index is 5.38. The molecule has 21 heavy (non-hydrogen) atoms. The highest BCUT2D eigenvalue weighted by molar-refractivity contribution is 5.78. The highest BCUT2D eigenvalue weighted by Crippen LogP contribution is 2.30. The predicted octanol–water partition coefficient (Wildman–Crippen LogP) is 3.73. The Morgan fingerprint density at radius 1 is 1.05 bits per heavy atom. The number of anilines is 2. The molecule has 0 saturated heterocycles. The third kappa shape index (κ3) is 2.04. The number of nitrogens with one attached hydrogen (secondary N) is 1. The van der Waals surface area contributed by atoms with Crippen LogP contribution in [0.5, 0.6) is 0 Å². The zero-order valence-electron chi connectivity index (χ0n) is 11.1. The monoisotopic (exact) mass is 276 g/mol. The van der Waals surface area contributed by atoms with E-state index in [1.54, 1.807) is 18.7 Å². The zero-order chi connectivity index (χ0) is 14.1. The van der Waals surface area contributed by atoms with E-state index < -0.39 is 0 Å². The summed E-state index contributed by atoms with van der Waals surface area (Å²) in [6, 6.07) is 13.7. The number of nitrogens with zero attached hydrogens (tertiary/aromatic N) is 3. The molecule has 5 heteroatoms. The van der Waals surface area contributed by atoms with Crippen molar-refractivity contribution in [2.45, 2.75) is 0 Å². The molecule has 0 aliphatic rings. The summed E-state index contributed by atoms with van der Waals surface area (Å²) in [7, 11) is 0. The predicted molar refractivity (Wildman–Crippen MR) is 80.4 cm³/mol. The van der Waals surface area contributed by atoms with Gasteiger partial charge in [0.1, 0.15) is 11.5 Å². The third-order valence-corrected chi connectivity index (χ3v) is 3.24. The molecular formula is C16H12N4O. The van der Waals surface area contributed by atoms with Gasteiger partial charge in [-0.1, -0.05) is 30.3 Å². The Labute approximate surface area is 120 Å². The van der Waals surface area contributed by atoms with Gasteiger partial charge in [-0.3, -0.25) is 9.38 Å². The second-order valence-electron chi connectivity index (χ2n) is 4.58. The summed E-state index contributed by atoms with van der Waals surface area (Å²) in [5, 5.41) is 3.28. The highest BCUT2D eigenvalue weighted by Gasteiger charge is 2.14. The molecule has 102 valence electrons. The third-order valence-electron chi connectivity index (χ3n) is 3.24. The molecule has 1 N–H and O–H groups in total. The minimum atomic E-state index is 0.672. The standard InChI is InChI=1S/C16H12N4O/c1-2-5-12(6-3-1)15-16(19-14-7-4-10-21-14)20-9-8-17-11-13(20)18-15/h1-11,19H. The molecule has 4 rings (SSSR count). The van der Waals surface area contributed by atoms with E-state index in [0.29, 0.717) is 5.88 Å². The van der Waals surface area contributed by atoms with Gasteiger partial charge >= 0.3 is 0 Å². The van der Waals surface area contributed by atoms with Crippen molar-refractivity contribution in [1.82, 2.24) is 14.4 Å². The average molecular weight is 276 g/mol. The quantitative estimate of drug-likeness (QED) is 0.619. The summed E-state index contributed by atoms with van der Waals surface area (Å²) in [5.74, 6) is 1.53. The van der Waals surface area contributed by atoms with Crippen LogP contribution >= 0.6 is 0 Å². The molecule has 0 fully saturated rings. The topological polar surface area (TPSA) is 55.4 Å². The van der Waals surface area contributed by atoms with Crippen molar-refractivity contribution in [1.29, 1.82) is 0 Å². The average Bonchev–Trinajstić information content (AvgIpc) is 3.17. The molecule has 0 aliphatic carbocycles. The number of furan rings is 1. The number of aromatic nitrogens is 3. The molecule has 0 amide bonds. The van der Waals surface area contributed by atoms with Gasteiger partial charge in [0.2, 0.25) is 0 Å². The molecule has 0 aliphatic heterocycles. The lowest BCUT2D eigenvalue weighted by molar-refractivity contribution is 0.585. The van der Waals surface area contributed by atoms with Crippen LogP contribution in [0.1, 0.15) is 0 Å². The van der Waals surface area contributed by atoms with Crippen molar-refractivity contribution >= 4 is 17.3 Å². The van der Waals surface area contributed by atoms with Crippen molar-refractivity contribution < 1.29 is 4.42 Å². The number of imidazole rings is 1. The smallest absolute Gasteiger partial charge is 0.198 e. The molecule has 0 unspecified atom stereocenters. The van der Waals surface area contributed by atoms with Gasteiger partial charge in [-0.2, -0.15) is 0 Å². The Bertz CT molecular complexity index is 866. The Hall–Kier alpha value is -3.08. The van der Waals surface area contributed by atoms with Gasteiger partial charge in [0.25, 0.3) is 0 Å². The van der Waals surface area contributed by atoms with Gasteiger partial charge < -0.3 is 9.73 Å². The van der Waals surface area contributed by atoms with E-state index in [0.717, 1.165) is 22.7 Å². The lowest BCUT2D eigenvalue weighted by Gasteiger charge is -2.05. The van der Waals surface area contributed by atoms with E-state index in [4.69, 9.17) is 4.42 Å². The van der Waals surface area contributed by atoms with Gasteiger partial charge in [-0.05, 0) is 6.07 Å². The Morgan fingerprint density at radius 3 is 2.76 bits per heavy atom. The molecule has 3 heterocycles. The van der Waals surface area contributed by atoms with Crippen LogP contribution < -0.4 is 5.32 Å². The summed E-state index contributed by atoms with van der Waals surface area (Å²) in [6.07, 6.45) is 6.98.